The van der Waals surface area contributed by atoms with E-state index < -0.39 is 0 Å². The molecule has 1 saturated carbocycles. The topological polar surface area (TPSA) is 27.3 Å². The Labute approximate surface area is 93.6 Å². The molecule has 0 aromatic carbocycles. The average Bonchev–Trinajstić information content (AvgIpc) is 2.56. The Kier molecular flexibility index (Phi) is 3.65. The second-order valence-electron chi connectivity index (χ2n) is 5.51. The summed E-state index contributed by atoms with van der Waals surface area (Å²) < 4.78 is 0. The first-order valence-electron chi connectivity index (χ1n) is 6.31. The zero-order valence-corrected chi connectivity index (χ0v) is 10.2. The monoisotopic (exact) mass is 211 g/mol. The molecule has 3 heteroatoms. The van der Waals surface area contributed by atoms with Crippen molar-refractivity contribution in [1.82, 2.24) is 15.5 Å². The third kappa shape index (κ3) is 2.71. The minimum atomic E-state index is 0.579. The Bertz CT molecular complexity index is 201. The molecule has 0 radical (unpaired) electrons. The number of likely N-dealkylation sites (N-methyl/N-ethyl adjacent to an activating group) is 1. The summed E-state index contributed by atoms with van der Waals surface area (Å²) in [7, 11) is 4.29. The van der Waals surface area contributed by atoms with Crippen molar-refractivity contribution in [2.75, 3.05) is 40.3 Å². The molecular formula is C12H25N3. The summed E-state index contributed by atoms with van der Waals surface area (Å²) >= 11 is 0. The number of hydrogen-bond acceptors (Lipinski definition) is 3. The second-order valence-corrected chi connectivity index (χ2v) is 5.51. The van der Waals surface area contributed by atoms with Gasteiger partial charge >= 0.3 is 0 Å². The molecule has 3 nitrogen and oxygen atoms in total. The van der Waals surface area contributed by atoms with Crippen molar-refractivity contribution in [2.24, 2.45) is 5.41 Å². The van der Waals surface area contributed by atoms with Gasteiger partial charge in [-0.3, -0.25) is 0 Å². The fourth-order valence-corrected chi connectivity index (χ4v) is 2.93. The molecule has 1 heterocycles. The maximum Gasteiger partial charge on any atom is 0.0207 e. The number of nitrogens with zero attached hydrogens (tertiary/aromatic N) is 1. The van der Waals surface area contributed by atoms with Gasteiger partial charge in [0.2, 0.25) is 0 Å². The van der Waals surface area contributed by atoms with Crippen molar-refractivity contribution in [1.29, 1.82) is 0 Å². The van der Waals surface area contributed by atoms with Crippen molar-refractivity contribution in [2.45, 2.75) is 31.7 Å². The van der Waals surface area contributed by atoms with Crippen LogP contribution >= 0.6 is 0 Å². The third-order valence-electron chi connectivity index (χ3n) is 4.12. The summed E-state index contributed by atoms with van der Waals surface area (Å²) in [5.41, 5.74) is 0.579. The Balaban J connectivity index is 1.71. The molecule has 15 heavy (non-hydrogen) atoms. The van der Waals surface area contributed by atoms with Gasteiger partial charge in [0.05, 0.1) is 0 Å². The molecule has 88 valence electrons. The van der Waals surface area contributed by atoms with Gasteiger partial charge in [-0.05, 0) is 45.3 Å². The van der Waals surface area contributed by atoms with Crippen LogP contribution in [0, 0.1) is 5.41 Å². The van der Waals surface area contributed by atoms with Gasteiger partial charge in [0.15, 0.2) is 0 Å². The minimum absolute atomic E-state index is 0.579. The first kappa shape index (κ1) is 11.4. The predicted octanol–water partition coefficient (Wildman–Crippen LogP) is 0.670. The smallest absolute Gasteiger partial charge is 0.0207 e. The summed E-state index contributed by atoms with van der Waals surface area (Å²) in [6.07, 6.45) is 5.56. The molecular weight excluding hydrogens is 186 g/mol. The van der Waals surface area contributed by atoms with Crippen molar-refractivity contribution < 1.29 is 0 Å². The van der Waals surface area contributed by atoms with Gasteiger partial charge in [-0.1, -0.05) is 6.42 Å². The average molecular weight is 211 g/mol. The highest BCUT2D eigenvalue weighted by Gasteiger charge is 2.36. The Morgan fingerprint density at radius 1 is 1.33 bits per heavy atom. The van der Waals surface area contributed by atoms with E-state index in [0.717, 1.165) is 6.04 Å². The van der Waals surface area contributed by atoms with E-state index in [9.17, 15) is 0 Å². The standard InChI is InChI=1S/C12H25N3/c1-13-9-12(5-3-6-12)10-14-11-4-7-15(2)8-11/h11,13-14H,3-10H2,1-2H3. The summed E-state index contributed by atoms with van der Waals surface area (Å²) in [5, 5.41) is 7.10. The quantitative estimate of drug-likeness (QED) is 0.700. The Morgan fingerprint density at radius 3 is 2.60 bits per heavy atom. The Morgan fingerprint density at radius 2 is 2.13 bits per heavy atom. The number of likely N-dealkylation sites (tertiary alicyclic amines) is 1. The lowest BCUT2D eigenvalue weighted by atomic mass is 9.68. The van der Waals surface area contributed by atoms with Crippen LogP contribution in [0.3, 0.4) is 0 Å². The van der Waals surface area contributed by atoms with Crippen LogP contribution in [0.5, 0.6) is 0 Å². The first-order chi connectivity index (χ1) is 7.24. The lowest BCUT2D eigenvalue weighted by Gasteiger charge is -2.42. The van der Waals surface area contributed by atoms with Crippen molar-refractivity contribution >= 4 is 0 Å². The molecule has 1 aliphatic heterocycles. The largest absolute Gasteiger partial charge is 0.319 e. The molecule has 0 spiro atoms. The van der Waals surface area contributed by atoms with Crippen LogP contribution in [-0.2, 0) is 0 Å². The zero-order valence-electron chi connectivity index (χ0n) is 10.2. The van der Waals surface area contributed by atoms with Gasteiger partial charge < -0.3 is 15.5 Å². The minimum Gasteiger partial charge on any atom is -0.319 e. The van der Waals surface area contributed by atoms with Crippen LogP contribution in [0.1, 0.15) is 25.7 Å². The van der Waals surface area contributed by atoms with Gasteiger partial charge in [0.1, 0.15) is 0 Å². The molecule has 1 saturated heterocycles. The van der Waals surface area contributed by atoms with Crippen LogP contribution in [0.2, 0.25) is 0 Å². The van der Waals surface area contributed by atoms with Gasteiger partial charge in [-0.25, -0.2) is 0 Å². The second kappa shape index (κ2) is 4.81. The fraction of sp³-hybridized carbons (Fsp3) is 1.00. The first-order valence-corrected chi connectivity index (χ1v) is 6.31. The summed E-state index contributed by atoms with van der Waals surface area (Å²) in [6, 6.07) is 0.740. The molecule has 1 unspecified atom stereocenters. The lowest BCUT2D eigenvalue weighted by Crippen LogP contribution is -2.49. The SMILES string of the molecule is CNCC1(CNC2CCN(C)C2)CCC1. The van der Waals surface area contributed by atoms with E-state index in [1.807, 2.05) is 0 Å². The van der Waals surface area contributed by atoms with Crippen molar-refractivity contribution in [3.05, 3.63) is 0 Å². The van der Waals surface area contributed by atoms with Gasteiger partial charge in [0.25, 0.3) is 0 Å². The highest BCUT2D eigenvalue weighted by Crippen LogP contribution is 2.39. The molecule has 0 amide bonds. The normalized spacial score (nSPS) is 30.4. The van der Waals surface area contributed by atoms with E-state index in [-0.39, 0.29) is 0 Å². The molecule has 0 aromatic rings. The molecule has 2 rings (SSSR count). The van der Waals surface area contributed by atoms with Gasteiger partial charge in [-0.15, -0.1) is 0 Å². The number of hydrogen-bond donors (Lipinski definition) is 2. The van der Waals surface area contributed by atoms with E-state index in [1.165, 1.54) is 51.9 Å². The molecule has 2 aliphatic rings. The predicted molar refractivity (Wildman–Crippen MR) is 64.1 cm³/mol. The van der Waals surface area contributed by atoms with Crippen LogP contribution in [-0.4, -0.2) is 51.2 Å². The van der Waals surface area contributed by atoms with Crippen LogP contribution in [0.4, 0.5) is 0 Å². The fourth-order valence-electron chi connectivity index (χ4n) is 2.93. The van der Waals surface area contributed by atoms with E-state index >= 15 is 0 Å². The van der Waals surface area contributed by atoms with E-state index in [1.54, 1.807) is 0 Å². The number of nitrogens with one attached hydrogen (secondary N) is 2. The molecule has 1 aliphatic carbocycles. The van der Waals surface area contributed by atoms with E-state index in [2.05, 4.69) is 29.6 Å². The summed E-state index contributed by atoms with van der Waals surface area (Å²) in [6.45, 7) is 4.89. The zero-order chi connectivity index (χ0) is 10.7. The molecule has 1 atom stereocenters. The van der Waals surface area contributed by atoms with Crippen LogP contribution < -0.4 is 10.6 Å². The van der Waals surface area contributed by atoms with Crippen LogP contribution in [0.25, 0.3) is 0 Å². The molecule has 2 N–H and O–H groups in total. The third-order valence-corrected chi connectivity index (χ3v) is 4.12. The molecule has 0 aromatic heterocycles. The van der Waals surface area contributed by atoms with Crippen molar-refractivity contribution in [3.8, 4) is 0 Å². The summed E-state index contributed by atoms with van der Waals surface area (Å²) in [4.78, 5) is 2.42. The summed E-state index contributed by atoms with van der Waals surface area (Å²) in [5.74, 6) is 0. The number of rotatable bonds is 5. The highest BCUT2D eigenvalue weighted by atomic mass is 15.2. The molecule has 0 bridgehead atoms. The maximum atomic E-state index is 3.76. The van der Waals surface area contributed by atoms with Crippen LogP contribution in [0.15, 0.2) is 0 Å². The van der Waals surface area contributed by atoms with Crippen molar-refractivity contribution in [3.63, 3.8) is 0 Å². The maximum absolute atomic E-state index is 3.76. The Hall–Kier alpha value is -0.120. The van der Waals surface area contributed by atoms with Gasteiger partial charge in [0, 0.05) is 25.7 Å². The lowest BCUT2D eigenvalue weighted by molar-refractivity contribution is 0.125. The van der Waals surface area contributed by atoms with E-state index in [4.69, 9.17) is 0 Å². The van der Waals surface area contributed by atoms with Gasteiger partial charge in [-0.2, -0.15) is 0 Å². The van der Waals surface area contributed by atoms with E-state index in [0.29, 0.717) is 5.41 Å². The highest BCUT2D eigenvalue weighted by molar-refractivity contribution is 4.93. The molecule has 2 fully saturated rings.